The number of carbonyl (C=O) groups is 2. The van der Waals surface area contributed by atoms with Gasteiger partial charge >= 0.3 is 0 Å². The van der Waals surface area contributed by atoms with E-state index in [4.69, 9.17) is 7.85 Å². The predicted octanol–water partition coefficient (Wildman–Crippen LogP) is 0.770. The van der Waals surface area contributed by atoms with Gasteiger partial charge in [-0.2, -0.15) is 0 Å². The Morgan fingerprint density at radius 1 is 1.31 bits per heavy atom. The third-order valence-electron chi connectivity index (χ3n) is 2.75. The monoisotopic (exact) mass is 213 g/mol. The van der Waals surface area contributed by atoms with Gasteiger partial charge in [0.2, 0.25) is 11.8 Å². The number of carbonyl (C=O) groups excluding carboxylic acids is 2. The van der Waals surface area contributed by atoms with Crippen molar-refractivity contribution in [1.82, 2.24) is 0 Å². The van der Waals surface area contributed by atoms with E-state index in [1.807, 2.05) is 0 Å². The van der Waals surface area contributed by atoms with Crippen LogP contribution in [-0.2, 0) is 9.59 Å². The molecule has 80 valence electrons. The van der Waals surface area contributed by atoms with Crippen LogP contribution in [0.15, 0.2) is 24.3 Å². The maximum absolute atomic E-state index is 12.0. The summed E-state index contributed by atoms with van der Waals surface area (Å²) in [5.74, 6) is -0.330. The number of benzene rings is 1. The summed E-state index contributed by atoms with van der Waals surface area (Å²) in [6, 6.07) is 6.81. The molecule has 1 aliphatic heterocycles. The van der Waals surface area contributed by atoms with Gasteiger partial charge in [0.25, 0.3) is 0 Å². The molecule has 1 aromatic carbocycles. The first-order valence-electron chi connectivity index (χ1n) is 5.15. The lowest BCUT2D eigenvalue weighted by Crippen LogP contribution is -2.33. The lowest BCUT2D eigenvalue weighted by Gasteiger charge is -2.18. The minimum Gasteiger partial charge on any atom is -0.274 e. The van der Waals surface area contributed by atoms with E-state index in [1.165, 1.54) is 4.90 Å². The molecule has 0 saturated carbocycles. The summed E-state index contributed by atoms with van der Waals surface area (Å²) in [6.45, 7) is 3.55. The zero-order valence-corrected chi connectivity index (χ0v) is 9.36. The first-order chi connectivity index (χ1) is 7.42. The number of hydrogen-bond acceptors (Lipinski definition) is 2. The smallest absolute Gasteiger partial charge is 0.239 e. The lowest BCUT2D eigenvalue weighted by molar-refractivity contribution is -0.124. The lowest BCUT2D eigenvalue weighted by atomic mass is 9.92. The van der Waals surface area contributed by atoms with E-state index in [1.54, 1.807) is 38.1 Å². The van der Waals surface area contributed by atoms with Gasteiger partial charge in [-0.25, -0.2) is 0 Å². The fraction of sp³-hybridized carbons (Fsp3) is 0.333. The van der Waals surface area contributed by atoms with Crippen LogP contribution < -0.4 is 10.4 Å². The molecule has 2 amide bonds. The second kappa shape index (κ2) is 3.47. The molecule has 0 aliphatic carbocycles. The second-order valence-corrected chi connectivity index (χ2v) is 4.69. The van der Waals surface area contributed by atoms with Crippen molar-refractivity contribution in [2.75, 3.05) is 4.90 Å². The van der Waals surface area contributed by atoms with Gasteiger partial charge in [-0.1, -0.05) is 31.4 Å². The molecule has 1 saturated heterocycles. The van der Waals surface area contributed by atoms with E-state index in [0.29, 0.717) is 11.2 Å². The molecular formula is C12H12BNO2. The van der Waals surface area contributed by atoms with Gasteiger partial charge in [0.05, 0.1) is 11.1 Å². The Morgan fingerprint density at radius 3 is 2.50 bits per heavy atom. The molecule has 1 aliphatic rings. The molecule has 2 rings (SSSR count). The summed E-state index contributed by atoms with van der Waals surface area (Å²) in [6.07, 6.45) is 0.251. The minimum absolute atomic E-state index is 0.164. The standard InChI is InChI=1S/C12H12BNO2/c1-12(2)7-10(15)14(11(12)16)9-5-3-4-8(13)6-9/h3-6H,7H2,1-2H3. The van der Waals surface area contributed by atoms with Gasteiger partial charge in [0.15, 0.2) is 0 Å². The van der Waals surface area contributed by atoms with E-state index in [0.717, 1.165) is 0 Å². The number of amides is 2. The molecule has 0 unspecified atom stereocenters. The molecule has 0 aromatic heterocycles. The van der Waals surface area contributed by atoms with Crippen LogP contribution in [0.2, 0.25) is 0 Å². The average Bonchev–Trinajstić information content (AvgIpc) is 2.36. The Balaban J connectivity index is 2.43. The summed E-state index contributed by atoms with van der Waals surface area (Å²) in [5, 5.41) is 0. The largest absolute Gasteiger partial charge is 0.274 e. The van der Waals surface area contributed by atoms with E-state index < -0.39 is 5.41 Å². The van der Waals surface area contributed by atoms with Gasteiger partial charge < -0.3 is 0 Å². The summed E-state index contributed by atoms with van der Waals surface area (Å²) >= 11 is 0. The quantitative estimate of drug-likeness (QED) is 0.510. The molecule has 16 heavy (non-hydrogen) atoms. The van der Waals surface area contributed by atoms with E-state index in [-0.39, 0.29) is 18.2 Å². The highest BCUT2D eigenvalue weighted by Crippen LogP contribution is 2.34. The topological polar surface area (TPSA) is 37.4 Å². The Hall–Kier alpha value is -1.58. The Morgan fingerprint density at radius 2 is 2.00 bits per heavy atom. The molecule has 2 radical (unpaired) electrons. The summed E-state index contributed by atoms with van der Waals surface area (Å²) < 4.78 is 0. The molecule has 3 nitrogen and oxygen atoms in total. The maximum Gasteiger partial charge on any atom is 0.239 e. The molecule has 0 N–H and O–H groups in total. The first-order valence-corrected chi connectivity index (χ1v) is 5.15. The molecular weight excluding hydrogens is 201 g/mol. The van der Waals surface area contributed by atoms with Crippen molar-refractivity contribution in [3.05, 3.63) is 24.3 Å². The van der Waals surface area contributed by atoms with Crippen LogP contribution in [0.25, 0.3) is 0 Å². The fourth-order valence-corrected chi connectivity index (χ4v) is 1.87. The van der Waals surface area contributed by atoms with Gasteiger partial charge in [-0.05, 0) is 12.1 Å². The van der Waals surface area contributed by atoms with Crippen LogP contribution >= 0.6 is 0 Å². The van der Waals surface area contributed by atoms with Crippen molar-refractivity contribution < 1.29 is 9.59 Å². The van der Waals surface area contributed by atoms with Crippen LogP contribution in [0.5, 0.6) is 0 Å². The number of anilines is 1. The highest BCUT2D eigenvalue weighted by atomic mass is 16.2. The van der Waals surface area contributed by atoms with E-state index in [2.05, 4.69) is 0 Å². The molecule has 4 heteroatoms. The Labute approximate surface area is 95.8 Å². The van der Waals surface area contributed by atoms with Gasteiger partial charge in [-0.3, -0.25) is 14.5 Å². The van der Waals surface area contributed by atoms with Gasteiger partial charge in [-0.15, -0.1) is 0 Å². The summed E-state index contributed by atoms with van der Waals surface area (Å²) in [5.41, 5.74) is 0.491. The number of imide groups is 1. The predicted molar refractivity (Wildman–Crippen MR) is 62.7 cm³/mol. The highest BCUT2D eigenvalue weighted by molar-refractivity contribution is 6.33. The fourth-order valence-electron chi connectivity index (χ4n) is 1.87. The SMILES string of the molecule is [B]c1cccc(N2C(=O)CC(C)(C)C2=O)c1. The summed E-state index contributed by atoms with van der Waals surface area (Å²) in [7, 11) is 5.64. The van der Waals surface area contributed by atoms with Crippen molar-refractivity contribution in [2.45, 2.75) is 20.3 Å². The van der Waals surface area contributed by atoms with Crippen LogP contribution in [0.1, 0.15) is 20.3 Å². The van der Waals surface area contributed by atoms with E-state index in [9.17, 15) is 9.59 Å². The molecule has 0 bridgehead atoms. The van der Waals surface area contributed by atoms with Crippen molar-refractivity contribution in [1.29, 1.82) is 0 Å². The number of hydrogen-bond donors (Lipinski definition) is 0. The van der Waals surface area contributed by atoms with Crippen molar-refractivity contribution >= 4 is 30.8 Å². The molecule has 1 fully saturated rings. The van der Waals surface area contributed by atoms with Crippen LogP contribution in [-0.4, -0.2) is 19.7 Å². The zero-order valence-electron chi connectivity index (χ0n) is 9.36. The molecule has 0 spiro atoms. The van der Waals surface area contributed by atoms with Crippen molar-refractivity contribution in [2.24, 2.45) is 5.41 Å². The van der Waals surface area contributed by atoms with Gasteiger partial charge in [0.1, 0.15) is 7.85 Å². The first kappa shape index (κ1) is 10.9. The molecule has 1 aromatic rings. The van der Waals surface area contributed by atoms with Crippen LogP contribution in [0.3, 0.4) is 0 Å². The van der Waals surface area contributed by atoms with Crippen LogP contribution in [0.4, 0.5) is 5.69 Å². The van der Waals surface area contributed by atoms with Gasteiger partial charge in [0, 0.05) is 6.42 Å². The third kappa shape index (κ3) is 1.64. The zero-order chi connectivity index (χ0) is 11.9. The molecule has 0 atom stereocenters. The van der Waals surface area contributed by atoms with Crippen molar-refractivity contribution in [3.8, 4) is 0 Å². The number of nitrogens with zero attached hydrogens (tertiary/aromatic N) is 1. The third-order valence-corrected chi connectivity index (χ3v) is 2.75. The number of rotatable bonds is 1. The summed E-state index contributed by atoms with van der Waals surface area (Å²) in [4.78, 5) is 25.0. The second-order valence-electron chi connectivity index (χ2n) is 4.69. The normalized spacial score (nSPS) is 19.2. The van der Waals surface area contributed by atoms with E-state index >= 15 is 0 Å². The Bertz CT molecular complexity index is 468. The van der Waals surface area contributed by atoms with Crippen molar-refractivity contribution in [3.63, 3.8) is 0 Å². The molecule has 1 heterocycles. The minimum atomic E-state index is -0.609. The average molecular weight is 213 g/mol. The maximum atomic E-state index is 12.0. The Kier molecular flexibility index (Phi) is 2.37. The van der Waals surface area contributed by atoms with Crippen LogP contribution in [0, 0.1) is 5.41 Å². The highest BCUT2D eigenvalue weighted by Gasteiger charge is 2.45.